The molecule has 2 aromatic rings. The van der Waals surface area contributed by atoms with E-state index in [9.17, 15) is 4.79 Å². The van der Waals surface area contributed by atoms with Gasteiger partial charge in [-0.25, -0.2) is 0 Å². The van der Waals surface area contributed by atoms with Crippen molar-refractivity contribution in [3.8, 4) is 17.2 Å². The van der Waals surface area contributed by atoms with Crippen LogP contribution < -0.4 is 14.2 Å². The quantitative estimate of drug-likeness (QED) is 0.788. The van der Waals surface area contributed by atoms with Crippen LogP contribution in [0.15, 0.2) is 48.5 Å². The van der Waals surface area contributed by atoms with Gasteiger partial charge in [0, 0.05) is 31.8 Å². The number of ether oxygens (including phenoxy) is 3. The van der Waals surface area contributed by atoms with Gasteiger partial charge in [0.25, 0.3) is 5.91 Å². The van der Waals surface area contributed by atoms with Gasteiger partial charge in [-0.2, -0.15) is 0 Å². The third kappa shape index (κ3) is 4.92. The van der Waals surface area contributed by atoms with Gasteiger partial charge in [-0.3, -0.25) is 4.79 Å². The van der Waals surface area contributed by atoms with Crippen LogP contribution in [0.3, 0.4) is 0 Å². The summed E-state index contributed by atoms with van der Waals surface area (Å²) in [7, 11) is 4.89. The highest BCUT2D eigenvalue weighted by Gasteiger charge is 2.11. The highest BCUT2D eigenvalue weighted by molar-refractivity contribution is 5.77. The third-order valence-corrected chi connectivity index (χ3v) is 3.38. The van der Waals surface area contributed by atoms with Gasteiger partial charge in [0.05, 0.1) is 14.2 Å². The second kappa shape index (κ2) is 8.08. The molecule has 0 aliphatic rings. The Kier molecular flexibility index (Phi) is 5.86. The van der Waals surface area contributed by atoms with Crippen molar-refractivity contribution in [2.45, 2.75) is 6.54 Å². The van der Waals surface area contributed by atoms with Crippen molar-refractivity contribution in [3.05, 3.63) is 54.1 Å². The second-order valence-corrected chi connectivity index (χ2v) is 5.07. The number of amides is 1. The van der Waals surface area contributed by atoms with Crippen LogP contribution in [-0.4, -0.2) is 38.7 Å². The van der Waals surface area contributed by atoms with Gasteiger partial charge in [-0.05, 0) is 5.56 Å². The number of hydrogen-bond acceptors (Lipinski definition) is 4. The van der Waals surface area contributed by atoms with E-state index in [4.69, 9.17) is 14.2 Å². The first-order valence-corrected chi connectivity index (χ1v) is 7.26. The maximum absolute atomic E-state index is 12.2. The van der Waals surface area contributed by atoms with Crippen LogP contribution in [0.5, 0.6) is 17.2 Å². The van der Waals surface area contributed by atoms with Crippen molar-refractivity contribution in [1.29, 1.82) is 0 Å². The van der Waals surface area contributed by atoms with Gasteiger partial charge in [-0.1, -0.05) is 30.3 Å². The van der Waals surface area contributed by atoms with Gasteiger partial charge < -0.3 is 19.1 Å². The van der Waals surface area contributed by atoms with Crippen molar-refractivity contribution in [2.24, 2.45) is 0 Å². The highest BCUT2D eigenvalue weighted by Crippen LogP contribution is 2.27. The number of hydrogen-bond donors (Lipinski definition) is 0. The number of carbonyl (C=O) groups excluding carboxylic acids is 1. The molecule has 0 radical (unpaired) electrons. The van der Waals surface area contributed by atoms with Crippen molar-refractivity contribution in [3.63, 3.8) is 0 Å². The maximum atomic E-state index is 12.2. The van der Waals surface area contributed by atoms with Crippen LogP contribution in [0.4, 0.5) is 0 Å². The van der Waals surface area contributed by atoms with E-state index in [-0.39, 0.29) is 12.5 Å². The predicted molar refractivity (Wildman–Crippen MR) is 88.0 cm³/mol. The first-order valence-electron chi connectivity index (χ1n) is 7.26. The minimum Gasteiger partial charge on any atom is -0.496 e. The molecule has 0 aliphatic carbocycles. The molecule has 0 spiro atoms. The molecule has 23 heavy (non-hydrogen) atoms. The molecule has 0 aromatic heterocycles. The van der Waals surface area contributed by atoms with E-state index in [1.54, 1.807) is 44.4 Å². The van der Waals surface area contributed by atoms with Crippen molar-refractivity contribution in [2.75, 3.05) is 27.9 Å². The zero-order valence-electron chi connectivity index (χ0n) is 13.6. The summed E-state index contributed by atoms with van der Waals surface area (Å²) in [4.78, 5) is 13.8. The first-order chi connectivity index (χ1) is 11.1. The summed E-state index contributed by atoms with van der Waals surface area (Å²) in [5, 5.41) is 0. The molecule has 2 rings (SSSR count). The topological polar surface area (TPSA) is 48.0 Å². The Hall–Kier alpha value is -2.69. The van der Waals surface area contributed by atoms with Crippen molar-refractivity contribution >= 4 is 5.91 Å². The summed E-state index contributed by atoms with van der Waals surface area (Å²) >= 11 is 0. The molecule has 0 heterocycles. The summed E-state index contributed by atoms with van der Waals surface area (Å²) in [6, 6.07) is 15.0. The van der Waals surface area contributed by atoms with Crippen LogP contribution in [0.25, 0.3) is 0 Å². The zero-order valence-corrected chi connectivity index (χ0v) is 13.6. The second-order valence-electron chi connectivity index (χ2n) is 5.07. The predicted octanol–water partition coefficient (Wildman–Crippen LogP) is 2.74. The molecule has 5 heteroatoms. The van der Waals surface area contributed by atoms with Crippen molar-refractivity contribution < 1.29 is 19.0 Å². The van der Waals surface area contributed by atoms with Crippen LogP contribution in [0.2, 0.25) is 0 Å². The lowest BCUT2D eigenvalue weighted by molar-refractivity contribution is -0.132. The van der Waals surface area contributed by atoms with E-state index in [0.717, 1.165) is 5.56 Å². The molecule has 0 N–H and O–H groups in total. The van der Waals surface area contributed by atoms with E-state index >= 15 is 0 Å². The molecule has 0 fully saturated rings. The summed E-state index contributed by atoms with van der Waals surface area (Å²) < 4.78 is 15.9. The summed E-state index contributed by atoms with van der Waals surface area (Å²) in [5.41, 5.74) is 1.08. The van der Waals surface area contributed by atoms with E-state index in [1.807, 2.05) is 30.3 Å². The number of methoxy groups -OCH3 is 2. The van der Waals surface area contributed by atoms with Crippen LogP contribution in [-0.2, 0) is 11.3 Å². The van der Waals surface area contributed by atoms with Crippen LogP contribution >= 0.6 is 0 Å². The molecule has 2 aromatic carbocycles. The van der Waals surface area contributed by atoms with Crippen LogP contribution in [0.1, 0.15) is 5.56 Å². The van der Waals surface area contributed by atoms with E-state index < -0.39 is 0 Å². The average molecular weight is 315 g/mol. The van der Waals surface area contributed by atoms with Gasteiger partial charge in [0.15, 0.2) is 6.61 Å². The summed E-state index contributed by atoms with van der Waals surface area (Å²) in [6.07, 6.45) is 0. The van der Waals surface area contributed by atoms with E-state index in [0.29, 0.717) is 23.8 Å². The normalized spacial score (nSPS) is 10.0. The van der Waals surface area contributed by atoms with Crippen LogP contribution in [0, 0.1) is 0 Å². The lowest BCUT2D eigenvalue weighted by Crippen LogP contribution is -2.30. The molecule has 0 aliphatic heterocycles. The first kappa shape index (κ1) is 16.7. The largest absolute Gasteiger partial charge is 0.496 e. The summed E-state index contributed by atoms with van der Waals surface area (Å²) in [6.45, 7) is 0.504. The number of benzene rings is 2. The molecule has 0 unspecified atom stereocenters. The molecular weight excluding hydrogens is 294 g/mol. The Morgan fingerprint density at radius 3 is 2.09 bits per heavy atom. The van der Waals surface area contributed by atoms with Crippen molar-refractivity contribution in [1.82, 2.24) is 4.90 Å². The summed E-state index contributed by atoms with van der Waals surface area (Å²) in [5.74, 6) is 1.66. The Morgan fingerprint density at radius 2 is 1.52 bits per heavy atom. The number of rotatable bonds is 7. The molecule has 122 valence electrons. The Bertz CT molecular complexity index is 620. The zero-order chi connectivity index (χ0) is 16.7. The van der Waals surface area contributed by atoms with Gasteiger partial charge in [-0.15, -0.1) is 0 Å². The highest BCUT2D eigenvalue weighted by atomic mass is 16.5. The minimum absolute atomic E-state index is 0.0420. The van der Waals surface area contributed by atoms with Gasteiger partial charge in [0.2, 0.25) is 0 Å². The minimum atomic E-state index is -0.101. The SMILES string of the molecule is COc1cc(OC)cc(OCC(=O)N(C)Cc2ccccc2)c1. The maximum Gasteiger partial charge on any atom is 0.260 e. The lowest BCUT2D eigenvalue weighted by atomic mass is 10.2. The monoisotopic (exact) mass is 315 g/mol. The fourth-order valence-corrected chi connectivity index (χ4v) is 2.07. The standard InChI is InChI=1S/C18H21NO4/c1-19(12-14-7-5-4-6-8-14)18(20)13-23-17-10-15(21-2)9-16(11-17)22-3/h4-11H,12-13H2,1-3H3. The molecule has 0 saturated carbocycles. The van der Waals surface area contributed by atoms with E-state index in [2.05, 4.69) is 0 Å². The van der Waals surface area contributed by atoms with E-state index in [1.165, 1.54) is 0 Å². The number of likely N-dealkylation sites (N-methyl/N-ethyl adjacent to an activating group) is 1. The Morgan fingerprint density at radius 1 is 0.957 bits per heavy atom. The molecule has 5 nitrogen and oxygen atoms in total. The Balaban J connectivity index is 1.93. The smallest absolute Gasteiger partial charge is 0.260 e. The lowest BCUT2D eigenvalue weighted by Gasteiger charge is -2.18. The van der Waals surface area contributed by atoms with Gasteiger partial charge in [0.1, 0.15) is 17.2 Å². The third-order valence-electron chi connectivity index (χ3n) is 3.38. The number of carbonyl (C=O) groups is 1. The molecular formula is C18H21NO4. The molecule has 0 saturated heterocycles. The average Bonchev–Trinajstić information content (AvgIpc) is 2.60. The Labute approximate surface area is 136 Å². The fourth-order valence-electron chi connectivity index (χ4n) is 2.07. The fraction of sp³-hybridized carbons (Fsp3) is 0.278. The molecule has 0 atom stereocenters. The molecule has 0 bridgehead atoms. The van der Waals surface area contributed by atoms with Gasteiger partial charge >= 0.3 is 0 Å². The number of nitrogens with zero attached hydrogens (tertiary/aromatic N) is 1. The molecule has 1 amide bonds.